The van der Waals surface area contributed by atoms with Gasteiger partial charge in [0.15, 0.2) is 11.5 Å². The molecule has 1 atom stereocenters. The van der Waals surface area contributed by atoms with Gasteiger partial charge in [-0.1, -0.05) is 6.92 Å². The van der Waals surface area contributed by atoms with Gasteiger partial charge >= 0.3 is 5.97 Å². The predicted molar refractivity (Wildman–Crippen MR) is 73.1 cm³/mol. The molecule has 1 aliphatic heterocycles. The summed E-state index contributed by atoms with van der Waals surface area (Å²) in [5, 5.41) is 11.4. The Balaban J connectivity index is 2.16. The molecule has 114 valence electrons. The third kappa shape index (κ3) is 3.36. The van der Waals surface area contributed by atoms with E-state index in [0.717, 1.165) is 0 Å². The third-order valence-electron chi connectivity index (χ3n) is 3.08. The van der Waals surface area contributed by atoms with Crippen molar-refractivity contribution in [3.8, 4) is 17.2 Å². The van der Waals surface area contributed by atoms with Crippen molar-refractivity contribution in [2.75, 3.05) is 26.9 Å². The van der Waals surface area contributed by atoms with Gasteiger partial charge in [0.2, 0.25) is 5.75 Å². The van der Waals surface area contributed by atoms with Crippen LogP contribution in [0, 0.1) is 5.92 Å². The summed E-state index contributed by atoms with van der Waals surface area (Å²) in [5.74, 6) is -0.693. The van der Waals surface area contributed by atoms with Crippen LogP contribution in [0.4, 0.5) is 0 Å². The molecule has 0 radical (unpaired) electrons. The van der Waals surface area contributed by atoms with Crippen molar-refractivity contribution in [3.63, 3.8) is 0 Å². The number of benzene rings is 1. The van der Waals surface area contributed by atoms with E-state index in [1.165, 1.54) is 20.1 Å². The molecule has 0 saturated heterocycles. The van der Waals surface area contributed by atoms with E-state index in [4.69, 9.17) is 19.3 Å². The Morgan fingerprint density at radius 2 is 2.10 bits per heavy atom. The Morgan fingerprint density at radius 1 is 1.38 bits per heavy atom. The van der Waals surface area contributed by atoms with Gasteiger partial charge in [-0.15, -0.1) is 0 Å². The molecule has 1 aliphatic rings. The quantitative estimate of drug-likeness (QED) is 0.839. The first-order chi connectivity index (χ1) is 10.0. The van der Waals surface area contributed by atoms with Crippen LogP contribution in [-0.2, 0) is 4.79 Å². The molecule has 0 fully saturated rings. The second-order valence-corrected chi connectivity index (χ2v) is 4.65. The zero-order valence-electron chi connectivity index (χ0n) is 11.8. The Bertz CT molecular complexity index is 539. The van der Waals surface area contributed by atoms with E-state index < -0.39 is 17.8 Å². The van der Waals surface area contributed by atoms with Gasteiger partial charge in [-0.05, 0) is 12.1 Å². The van der Waals surface area contributed by atoms with Crippen molar-refractivity contribution in [2.45, 2.75) is 6.92 Å². The summed E-state index contributed by atoms with van der Waals surface area (Å²) in [5.41, 5.74) is 0.327. The summed E-state index contributed by atoms with van der Waals surface area (Å²) in [7, 11) is 1.47. The lowest BCUT2D eigenvalue weighted by Gasteiger charge is -2.21. The van der Waals surface area contributed by atoms with Gasteiger partial charge in [-0.25, -0.2) is 0 Å². The highest BCUT2D eigenvalue weighted by atomic mass is 16.6. The number of carboxylic acid groups (broad SMARTS) is 1. The number of carbonyl (C=O) groups excluding carboxylic acids is 1. The van der Waals surface area contributed by atoms with Gasteiger partial charge in [-0.3, -0.25) is 9.59 Å². The summed E-state index contributed by atoms with van der Waals surface area (Å²) < 4.78 is 16.1. The molecular formula is C14H17NO6. The summed E-state index contributed by atoms with van der Waals surface area (Å²) in [4.78, 5) is 22.8. The molecule has 1 heterocycles. The van der Waals surface area contributed by atoms with E-state index in [9.17, 15) is 9.59 Å². The molecular weight excluding hydrogens is 278 g/mol. The fourth-order valence-corrected chi connectivity index (χ4v) is 1.84. The lowest BCUT2D eigenvalue weighted by molar-refractivity contribution is -0.140. The van der Waals surface area contributed by atoms with E-state index in [0.29, 0.717) is 36.0 Å². The van der Waals surface area contributed by atoms with E-state index in [1.54, 1.807) is 6.07 Å². The van der Waals surface area contributed by atoms with Crippen LogP contribution in [0.3, 0.4) is 0 Å². The molecule has 7 heteroatoms. The first-order valence-electron chi connectivity index (χ1n) is 6.51. The highest BCUT2D eigenvalue weighted by molar-refractivity contribution is 5.95. The number of aliphatic carboxylic acids is 1. The Morgan fingerprint density at radius 3 is 2.76 bits per heavy atom. The second-order valence-electron chi connectivity index (χ2n) is 4.65. The Kier molecular flexibility index (Phi) is 4.52. The molecule has 7 nitrogen and oxygen atoms in total. The average molecular weight is 295 g/mol. The molecule has 0 saturated carbocycles. The van der Waals surface area contributed by atoms with Gasteiger partial charge in [-0.2, -0.15) is 0 Å². The molecule has 0 aromatic heterocycles. The molecule has 21 heavy (non-hydrogen) atoms. The van der Waals surface area contributed by atoms with Crippen LogP contribution in [0.1, 0.15) is 17.3 Å². The maximum Gasteiger partial charge on any atom is 0.308 e. The fraction of sp³-hybridized carbons (Fsp3) is 0.429. The number of hydrogen-bond acceptors (Lipinski definition) is 5. The van der Waals surface area contributed by atoms with E-state index in [1.807, 2.05) is 0 Å². The van der Waals surface area contributed by atoms with Gasteiger partial charge in [0.05, 0.1) is 13.0 Å². The van der Waals surface area contributed by atoms with Crippen LogP contribution in [0.5, 0.6) is 17.2 Å². The van der Waals surface area contributed by atoms with Crippen molar-refractivity contribution in [1.29, 1.82) is 0 Å². The minimum absolute atomic E-state index is 0.0466. The number of nitrogens with one attached hydrogen (secondary N) is 1. The van der Waals surface area contributed by atoms with Crippen LogP contribution >= 0.6 is 0 Å². The second kappa shape index (κ2) is 6.34. The van der Waals surface area contributed by atoms with Crippen molar-refractivity contribution in [3.05, 3.63) is 17.7 Å². The Hall–Kier alpha value is -2.44. The van der Waals surface area contributed by atoms with Crippen LogP contribution in [0.25, 0.3) is 0 Å². The number of fused-ring (bicyclic) bond motifs is 1. The van der Waals surface area contributed by atoms with Crippen molar-refractivity contribution in [1.82, 2.24) is 5.32 Å². The normalized spacial score (nSPS) is 14.2. The molecule has 2 rings (SSSR count). The van der Waals surface area contributed by atoms with Crippen molar-refractivity contribution < 1.29 is 28.9 Å². The number of amides is 1. The van der Waals surface area contributed by atoms with Gasteiger partial charge < -0.3 is 24.6 Å². The standard InChI is InChI=1S/C14H17NO6/c1-8(14(17)18)7-15-13(16)9-5-10(19-2)12-11(6-9)20-3-4-21-12/h5-6,8H,3-4,7H2,1-2H3,(H,15,16)(H,17,18). The highest BCUT2D eigenvalue weighted by Gasteiger charge is 2.21. The lowest BCUT2D eigenvalue weighted by atomic mass is 10.1. The third-order valence-corrected chi connectivity index (χ3v) is 3.08. The topological polar surface area (TPSA) is 94.1 Å². The van der Waals surface area contributed by atoms with Crippen LogP contribution in [0.15, 0.2) is 12.1 Å². The number of rotatable bonds is 5. The summed E-state index contributed by atoms with van der Waals surface area (Å²) >= 11 is 0. The molecule has 1 unspecified atom stereocenters. The molecule has 1 aromatic carbocycles. The number of carboxylic acids is 1. The maximum atomic E-state index is 12.1. The van der Waals surface area contributed by atoms with E-state index in [-0.39, 0.29) is 6.54 Å². The van der Waals surface area contributed by atoms with Crippen molar-refractivity contribution >= 4 is 11.9 Å². The highest BCUT2D eigenvalue weighted by Crippen LogP contribution is 2.40. The molecule has 2 N–H and O–H groups in total. The van der Waals surface area contributed by atoms with Crippen LogP contribution < -0.4 is 19.5 Å². The molecule has 0 spiro atoms. The first-order valence-corrected chi connectivity index (χ1v) is 6.51. The predicted octanol–water partition coefficient (Wildman–Crippen LogP) is 0.917. The van der Waals surface area contributed by atoms with Crippen LogP contribution in [0.2, 0.25) is 0 Å². The number of hydrogen-bond donors (Lipinski definition) is 2. The largest absolute Gasteiger partial charge is 0.493 e. The maximum absolute atomic E-state index is 12.1. The number of carbonyl (C=O) groups is 2. The van der Waals surface area contributed by atoms with E-state index >= 15 is 0 Å². The van der Waals surface area contributed by atoms with Crippen molar-refractivity contribution in [2.24, 2.45) is 5.92 Å². The SMILES string of the molecule is COc1cc(C(=O)NCC(C)C(=O)O)cc2c1OCCO2. The Labute approximate surface area is 121 Å². The number of ether oxygens (including phenoxy) is 3. The summed E-state index contributed by atoms with van der Waals surface area (Å²) in [6.07, 6.45) is 0. The minimum atomic E-state index is -0.963. The number of methoxy groups -OCH3 is 1. The monoisotopic (exact) mass is 295 g/mol. The molecule has 0 bridgehead atoms. The van der Waals surface area contributed by atoms with Gasteiger partial charge in [0.1, 0.15) is 13.2 Å². The molecule has 1 aromatic rings. The molecule has 1 amide bonds. The smallest absolute Gasteiger partial charge is 0.308 e. The molecule has 0 aliphatic carbocycles. The summed E-state index contributed by atoms with van der Waals surface area (Å²) in [6, 6.07) is 3.09. The van der Waals surface area contributed by atoms with Gasteiger partial charge in [0.25, 0.3) is 5.91 Å². The zero-order chi connectivity index (χ0) is 15.4. The van der Waals surface area contributed by atoms with Crippen LogP contribution in [-0.4, -0.2) is 43.9 Å². The average Bonchev–Trinajstić information content (AvgIpc) is 2.50. The van der Waals surface area contributed by atoms with Gasteiger partial charge in [0, 0.05) is 12.1 Å². The lowest BCUT2D eigenvalue weighted by Crippen LogP contribution is -2.31. The fourth-order valence-electron chi connectivity index (χ4n) is 1.84. The first kappa shape index (κ1) is 15.0. The summed E-state index contributed by atoms with van der Waals surface area (Å²) in [6.45, 7) is 2.39. The minimum Gasteiger partial charge on any atom is -0.493 e. The van der Waals surface area contributed by atoms with E-state index in [2.05, 4.69) is 5.32 Å². The zero-order valence-corrected chi connectivity index (χ0v) is 11.8.